The molecule has 0 amide bonds. The second kappa shape index (κ2) is 6.33. The zero-order valence-electron chi connectivity index (χ0n) is 11.6. The van der Waals surface area contributed by atoms with Gasteiger partial charge in [0.2, 0.25) is 0 Å². The molecule has 0 saturated carbocycles. The summed E-state index contributed by atoms with van der Waals surface area (Å²) in [6.45, 7) is 6.07. The number of anilines is 1. The van der Waals surface area contributed by atoms with Gasteiger partial charge in [-0.2, -0.15) is 4.98 Å². The van der Waals surface area contributed by atoms with Crippen LogP contribution < -0.4 is 5.32 Å². The maximum Gasteiger partial charge on any atom is 0.263 e. The van der Waals surface area contributed by atoms with E-state index in [2.05, 4.69) is 41.3 Å². The maximum atomic E-state index is 5.22. The molecule has 5 nitrogen and oxygen atoms in total. The van der Waals surface area contributed by atoms with Gasteiger partial charge in [-0.3, -0.25) is 0 Å². The molecular weight excluding hydrogens is 240 g/mol. The van der Waals surface area contributed by atoms with Crippen molar-refractivity contribution in [2.24, 2.45) is 0 Å². The number of nitrogens with one attached hydrogen (secondary N) is 1. The van der Waals surface area contributed by atoms with Crippen LogP contribution in [0.1, 0.15) is 13.8 Å². The minimum atomic E-state index is 0.534. The molecule has 19 heavy (non-hydrogen) atoms. The molecule has 0 aliphatic carbocycles. The fourth-order valence-electron chi connectivity index (χ4n) is 1.60. The summed E-state index contributed by atoms with van der Waals surface area (Å²) >= 11 is 0. The smallest absolute Gasteiger partial charge is 0.263 e. The van der Waals surface area contributed by atoms with Crippen LogP contribution in [0.25, 0.3) is 11.5 Å². The van der Waals surface area contributed by atoms with E-state index >= 15 is 0 Å². The van der Waals surface area contributed by atoms with Crippen molar-refractivity contribution in [2.75, 3.05) is 25.5 Å². The van der Waals surface area contributed by atoms with Gasteiger partial charge in [0.1, 0.15) is 0 Å². The Labute approximate surface area is 113 Å². The molecule has 5 heteroatoms. The zero-order valence-corrected chi connectivity index (χ0v) is 11.6. The summed E-state index contributed by atoms with van der Waals surface area (Å²) in [7, 11) is 2.10. The molecule has 1 heterocycles. The summed E-state index contributed by atoms with van der Waals surface area (Å²) in [6.07, 6.45) is 0. The lowest BCUT2D eigenvalue weighted by Gasteiger charge is -2.20. The lowest BCUT2D eigenvalue weighted by molar-refractivity contribution is 0.284. The average molecular weight is 260 g/mol. The molecule has 1 aromatic heterocycles. The molecule has 1 aromatic carbocycles. The van der Waals surface area contributed by atoms with Crippen molar-refractivity contribution >= 4 is 5.95 Å². The molecule has 0 aliphatic rings. The minimum Gasteiger partial charge on any atom is -0.350 e. The van der Waals surface area contributed by atoms with Gasteiger partial charge < -0.3 is 14.7 Å². The molecule has 1 N–H and O–H groups in total. The average Bonchev–Trinajstić information content (AvgIpc) is 2.88. The number of benzene rings is 1. The molecule has 0 saturated heterocycles. The topological polar surface area (TPSA) is 54.2 Å². The molecule has 0 bridgehead atoms. The summed E-state index contributed by atoms with van der Waals surface area (Å²) in [5.74, 6) is 1.08. The predicted molar refractivity (Wildman–Crippen MR) is 76.0 cm³/mol. The first-order valence-electron chi connectivity index (χ1n) is 6.50. The summed E-state index contributed by atoms with van der Waals surface area (Å²) in [6, 6.07) is 10.3. The van der Waals surface area contributed by atoms with Crippen LogP contribution in [0.4, 0.5) is 5.95 Å². The Morgan fingerprint density at radius 2 is 2.00 bits per heavy atom. The van der Waals surface area contributed by atoms with Crippen LogP contribution in [0.15, 0.2) is 34.9 Å². The summed E-state index contributed by atoms with van der Waals surface area (Å²) in [5.41, 5.74) is 0.933. The Hall–Kier alpha value is -1.88. The number of nitrogens with zero attached hydrogens (tertiary/aromatic N) is 3. The summed E-state index contributed by atoms with van der Waals surface area (Å²) in [5, 5.41) is 7.08. The van der Waals surface area contributed by atoms with Crippen LogP contribution in [0, 0.1) is 0 Å². The molecular formula is C14H20N4O. The van der Waals surface area contributed by atoms with Gasteiger partial charge in [0.25, 0.3) is 11.8 Å². The van der Waals surface area contributed by atoms with Crippen molar-refractivity contribution in [1.82, 2.24) is 15.0 Å². The number of aromatic nitrogens is 2. The molecule has 0 spiro atoms. The lowest BCUT2D eigenvalue weighted by atomic mass is 10.2. The SMILES string of the molecule is CC(C)N(C)CCNc1noc(-c2ccccc2)n1. The Bertz CT molecular complexity index is 495. The largest absolute Gasteiger partial charge is 0.350 e. The standard InChI is InChI=1S/C14H20N4O/c1-11(2)18(3)10-9-15-14-16-13(19-17-14)12-7-5-4-6-8-12/h4-8,11H,9-10H2,1-3H3,(H,15,17). The van der Waals surface area contributed by atoms with Crippen molar-refractivity contribution in [1.29, 1.82) is 0 Å². The predicted octanol–water partition coefficient (Wildman–Crippen LogP) is 2.49. The van der Waals surface area contributed by atoms with Crippen LogP contribution in [-0.4, -0.2) is 41.2 Å². The normalized spacial score (nSPS) is 11.2. The third-order valence-electron chi connectivity index (χ3n) is 3.08. The zero-order chi connectivity index (χ0) is 13.7. The van der Waals surface area contributed by atoms with Gasteiger partial charge in [0.15, 0.2) is 0 Å². The first kappa shape index (κ1) is 13.5. The Balaban J connectivity index is 1.88. The van der Waals surface area contributed by atoms with Gasteiger partial charge in [-0.15, -0.1) is 0 Å². The Morgan fingerprint density at radius 1 is 1.26 bits per heavy atom. The van der Waals surface area contributed by atoms with Crippen LogP contribution in [0.3, 0.4) is 0 Å². The van der Waals surface area contributed by atoms with Crippen molar-refractivity contribution in [3.05, 3.63) is 30.3 Å². The van der Waals surface area contributed by atoms with Crippen molar-refractivity contribution in [3.8, 4) is 11.5 Å². The Morgan fingerprint density at radius 3 is 2.68 bits per heavy atom. The van der Waals surface area contributed by atoms with E-state index in [4.69, 9.17) is 4.52 Å². The quantitative estimate of drug-likeness (QED) is 0.864. The summed E-state index contributed by atoms with van der Waals surface area (Å²) < 4.78 is 5.22. The van der Waals surface area contributed by atoms with E-state index in [1.54, 1.807) is 0 Å². The summed E-state index contributed by atoms with van der Waals surface area (Å²) in [4.78, 5) is 6.57. The molecule has 0 radical (unpaired) electrons. The van der Waals surface area contributed by atoms with E-state index in [-0.39, 0.29) is 0 Å². The van der Waals surface area contributed by atoms with Gasteiger partial charge in [0, 0.05) is 24.7 Å². The first-order valence-corrected chi connectivity index (χ1v) is 6.50. The van der Waals surface area contributed by atoms with E-state index in [1.165, 1.54) is 0 Å². The van der Waals surface area contributed by atoms with Gasteiger partial charge >= 0.3 is 0 Å². The molecule has 102 valence electrons. The van der Waals surface area contributed by atoms with E-state index in [0.717, 1.165) is 18.7 Å². The van der Waals surface area contributed by atoms with Crippen molar-refractivity contribution in [2.45, 2.75) is 19.9 Å². The second-order valence-electron chi connectivity index (χ2n) is 4.79. The third-order valence-corrected chi connectivity index (χ3v) is 3.08. The van der Waals surface area contributed by atoms with E-state index in [1.807, 2.05) is 30.3 Å². The Kier molecular flexibility index (Phi) is 4.52. The maximum absolute atomic E-state index is 5.22. The van der Waals surface area contributed by atoms with E-state index in [0.29, 0.717) is 17.9 Å². The van der Waals surface area contributed by atoms with Gasteiger partial charge in [-0.05, 0) is 38.2 Å². The number of hydrogen-bond acceptors (Lipinski definition) is 5. The number of hydrogen-bond donors (Lipinski definition) is 1. The molecule has 0 unspecified atom stereocenters. The second-order valence-corrected chi connectivity index (χ2v) is 4.79. The minimum absolute atomic E-state index is 0.534. The lowest BCUT2D eigenvalue weighted by Crippen LogP contribution is -2.31. The molecule has 2 rings (SSSR count). The van der Waals surface area contributed by atoms with Crippen LogP contribution in [-0.2, 0) is 0 Å². The highest BCUT2D eigenvalue weighted by atomic mass is 16.5. The molecule has 0 aliphatic heterocycles. The third kappa shape index (κ3) is 3.79. The van der Waals surface area contributed by atoms with Gasteiger partial charge in [0.05, 0.1) is 0 Å². The highest BCUT2D eigenvalue weighted by Crippen LogP contribution is 2.17. The molecule has 0 fully saturated rings. The van der Waals surface area contributed by atoms with E-state index < -0.39 is 0 Å². The number of likely N-dealkylation sites (N-methyl/N-ethyl adjacent to an activating group) is 1. The van der Waals surface area contributed by atoms with Crippen LogP contribution in [0.5, 0.6) is 0 Å². The van der Waals surface area contributed by atoms with Crippen molar-refractivity contribution in [3.63, 3.8) is 0 Å². The highest BCUT2D eigenvalue weighted by molar-refractivity contribution is 5.53. The monoisotopic (exact) mass is 260 g/mol. The van der Waals surface area contributed by atoms with Crippen LogP contribution in [0.2, 0.25) is 0 Å². The first-order chi connectivity index (χ1) is 9.16. The molecule has 2 aromatic rings. The molecule has 0 atom stereocenters. The van der Waals surface area contributed by atoms with Gasteiger partial charge in [-0.1, -0.05) is 18.2 Å². The van der Waals surface area contributed by atoms with E-state index in [9.17, 15) is 0 Å². The fourth-order valence-corrected chi connectivity index (χ4v) is 1.60. The highest BCUT2D eigenvalue weighted by Gasteiger charge is 2.08. The van der Waals surface area contributed by atoms with Crippen LogP contribution >= 0.6 is 0 Å². The fraction of sp³-hybridized carbons (Fsp3) is 0.429. The van der Waals surface area contributed by atoms with Crippen molar-refractivity contribution < 1.29 is 4.52 Å². The van der Waals surface area contributed by atoms with Gasteiger partial charge in [-0.25, -0.2) is 0 Å². The number of rotatable bonds is 6.